The first kappa shape index (κ1) is 22.4. The Kier molecular flexibility index (Phi) is 6.59. The van der Waals surface area contributed by atoms with Gasteiger partial charge in [0.1, 0.15) is 5.75 Å². The van der Waals surface area contributed by atoms with E-state index in [1.54, 1.807) is 41.5 Å². The van der Waals surface area contributed by atoms with Crippen molar-refractivity contribution >= 4 is 53.8 Å². The molecular weight excluding hydrogens is 464 g/mol. The summed E-state index contributed by atoms with van der Waals surface area (Å²) in [5.41, 5.74) is 1.56. The first-order valence-corrected chi connectivity index (χ1v) is 13.5. The maximum Gasteiger partial charge on any atom is 0.233 e. The number of thiophene rings is 1. The molecule has 0 aliphatic carbocycles. The Hall–Kier alpha value is -2.75. The number of carbonyl (C=O) groups is 1. The lowest BCUT2D eigenvalue weighted by molar-refractivity contribution is -0.118. The van der Waals surface area contributed by atoms with Crippen molar-refractivity contribution in [3.05, 3.63) is 70.4 Å². The summed E-state index contributed by atoms with van der Waals surface area (Å²) in [4.78, 5) is 21.1. The van der Waals surface area contributed by atoms with Gasteiger partial charge in [-0.25, -0.2) is 13.4 Å². The van der Waals surface area contributed by atoms with Crippen LogP contribution in [0.15, 0.2) is 64.9 Å². The van der Waals surface area contributed by atoms with E-state index in [0.717, 1.165) is 22.4 Å². The van der Waals surface area contributed by atoms with Crippen molar-refractivity contribution in [3.63, 3.8) is 0 Å². The number of rotatable bonds is 8. The SMILES string of the molecule is COc1ccc(CC(=O)N(CCc2cccs2)c2nc3ccc(S(C)(=O)=O)cc3s2)cc1. The third-order valence-corrected chi connectivity index (χ3v) is 8.07. The van der Waals surface area contributed by atoms with Crippen molar-refractivity contribution in [2.45, 2.75) is 17.7 Å². The molecule has 0 saturated carbocycles. The number of benzene rings is 2. The van der Waals surface area contributed by atoms with Crippen LogP contribution in [0.3, 0.4) is 0 Å². The number of hydrogen-bond acceptors (Lipinski definition) is 7. The van der Waals surface area contributed by atoms with E-state index in [2.05, 4.69) is 4.98 Å². The average Bonchev–Trinajstić information content (AvgIpc) is 3.43. The second-order valence-corrected chi connectivity index (χ2v) is 11.4. The minimum absolute atomic E-state index is 0.0610. The van der Waals surface area contributed by atoms with E-state index in [-0.39, 0.29) is 17.2 Å². The smallest absolute Gasteiger partial charge is 0.233 e. The molecule has 0 atom stereocenters. The van der Waals surface area contributed by atoms with Gasteiger partial charge in [0.05, 0.1) is 28.6 Å². The van der Waals surface area contributed by atoms with E-state index in [1.807, 2.05) is 41.8 Å². The zero-order valence-corrected chi connectivity index (χ0v) is 20.1. The second-order valence-electron chi connectivity index (χ2n) is 7.30. The Morgan fingerprint density at radius 2 is 1.91 bits per heavy atom. The van der Waals surface area contributed by atoms with Crippen molar-refractivity contribution in [3.8, 4) is 5.75 Å². The Labute approximate surface area is 195 Å². The Bertz CT molecular complexity index is 1330. The van der Waals surface area contributed by atoms with Gasteiger partial charge in [-0.15, -0.1) is 11.3 Å². The number of aromatic nitrogens is 1. The molecule has 0 N–H and O–H groups in total. The summed E-state index contributed by atoms with van der Waals surface area (Å²) in [6.07, 6.45) is 2.14. The van der Waals surface area contributed by atoms with Crippen LogP contribution in [0.25, 0.3) is 10.2 Å². The zero-order valence-electron chi connectivity index (χ0n) is 17.6. The van der Waals surface area contributed by atoms with E-state index in [4.69, 9.17) is 4.74 Å². The van der Waals surface area contributed by atoms with Crippen LogP contribution >= 0.6 is 22.7 Å². The molecule has 6 nitrogen and oxygen atoms in total. The second kappa shape index (κ2) is 9.40. The largest absolute Gasteiger partial charge is 0.497 e. The third-order valence-electron chi connectivity index (χ3n) is 4.99. The highest BCUT2D eigenvalue weighted by atomic mass is 32.2. The molecule has 0 radical (unpaired) electrons. The van der Waals surface area contributed by atoms with Crippen LogP contribution < -0.4 is 9.64 Å². The highest BCUT2D eigenvalue weighted by Gasteiger charge is 2.21. The molecule has 2 aromatic carbocycles. The fraction of sp³-hybridized carbons (Fsp3) is 0.217. The highest BCUT2D eigenvalue weighted by Crippen LogP contribution is 2.31. The summed E-state index contributed by atoms with van der Waals surface area (Å²) in [5.74, 6) is 0.678. The maximum absolute atomic E-state index is 13.3. The van der Waals surface area contributed by atoms with Crippen molar-refractivity contribution in [1.82, 2.24) is 4.98 Å². The summed E-state index contributed by atoms with van der Waals surface area (Å²) in [6, 6.07) is 16.3. The average molecular weight is 487 g/mol. The minimum Gasteiger partial charge on any atom is -0.497 e. The number of methoxy groups -OCH3 is 1. The van der Waals surface area contributed by atoms with Gasteiger partial charge in [-0.2, -0.15) is 0 Å². The van der Waals surface area contributed by atoms with Gasteiger partial charge in [0.15, 0.2) is 15.0 Å². The molecule has 9 heteroatoms. The van der Waals surface area contributed by atoms with E-state index in [1.165, 1.54) is 22.5 Å². The summed E-state index contributed by atoms with van der Waals surface area (Å²) >= 11 is 2.98. The van der Waals surface area contributed by atoms with Crippen molar-refractivity contribution in [1.29, 1.82) is 0 Å². The molecule has 32 heavy (non-hydrogen) atoms. The van der Waals surface area contributed by atoms with Crippen molar-refractivity contribution < 1.29 is 17.9 Å². The normalized spacial score (nSPS) is 11.6. The number of hydrogen-bond donors (Lipinski definition) is 0. The third kappa shape index (κ3) is 5.17. The topological polar surface area (TPSA) is 76.6 Å². The predicted molar refractivity (Wildman–Crippen MR) is 130 cm³/mol. The Morgan fingerprint density at radius 1 is 1.12 bits per heavy atom. The van der Waals surface area contributed by atoms with Gasteiger partial charge in [-0.1, -0.05) is 29.5 Å². The number of anilines is 1. The van der Waals surface area contributed by atoms with Gasteiger partial charge >= 0.3 is 0 Å². The molecular formula is C23H22N2O4S3. The molecule has 4 aromatic rings. The monoisotopic (exact) mass is 486 g/mol. The van der Waals surface area contributed by atoms with Gasteiger partial charge in [0, 0.05) is 17.7 Å². The number of thiazole rings is 1. The van der Waals surface area contributed by atoms with Gasteiger partial charge < -0.3 is 4.74 Å². The molecule has 0 fully saturated rings. The van der Waals surface area contributed by atoms with Crippen molar-refractivity contribution in [2.24, 2.45) is 0 Å². The molecule has 0 unspecified atom stereocenters. The fourth-order valence-electron chi connectivity index (χ4n) is 3.26. The van der Waals surface area contributed by atoms with Crippen LogP contribution in [0.1, 0.15) is 10.4 Å². The number of fused-ring (bicyclic) bond motifs is 1. The summed E-state index contributed by atoms with van der Waals surface area (Å²) < 4.78 is 29.8. The number of nitrogens with zero attached hydrogens (tertiary/aromatic N) is 2. The van der Waals surface area contributed by atoms with E-state index < -0.39 is 9.84 Å². The molecule has 166 valence electrons. The summed E-state index contributed by atoms with van der Waals surface area (Å²) in [5, 5.41) is 2.59. The Balaban J connectivity index is 1.63. The molecule has 1 amide bonds. The summed E-state index contributed by atoms with van der Waals surface area (Å²) in [6.45, 7) is 0.494. The lowest BCUT2D eigenvalue weighted by Gasteiger charge is -2.19. The molecule has 0 spiro atoms. The zero-order chi connectivity index (χ0) is 22.7. The van der Waals surface area contributed by atoms with Gasteiger partial charge in [0.2, 0.25) is 5.91 Å². The molecule has 4 rings (SSSR count). The molecule has 0 aliphatic rings. The molecule has 0 saturated heterocycles. The van der Waals surface area contributed by atoms with Crippen LogP contribution in [0.5, 0.6) is 5.75 Å². The Morgan fingerprint density at radius 3 is 2.56 bits per heavy atom. The van der Waals surface area contributed by atoms with E-state index in [0.29, 0.717) is 17.2 Å². The first-order valence-electron chi connectivity index (χ1n) is 9.90. The highest BCUT2D eigenvalue weighted by molar-refractivity contribution is 7.90. The fourth-order valence-corrected chi connectivity index (χ4v) is 5.72. The van der Waals surface area contributed by atoms with Crippen molar-refractivity contribution in [2.75, 3.05) is 24.8 Å². The summed E-state index contributed by atoms with van der Waals surface area (Å²) in [7, 11) is -1.71. The van der Waals surface area contributed by atoms with Crippen LogP contribution in [0.4, 0.5) is 5.13 Å². The lowest BCUT2D eigenvalue weighted by atomic mass is 10.1. The van der Waals surface area contributed by atoms with E-state index in [9.17, 15) is 13.2 Å². The molecule has 0 aliphatic heterocycles. The molecule has 0 bridgehead atoms. The van der Waals surface area contributed by atoms with E-state index >= 15 is 0 Å². The standard InChI is InChI=1S/C23H22N2O4S3/c1-29-17-7-5-16(6-8-17)14-22(26)25(12-11-18-4-3-13-30-18)23-24-20-10-9-19(32(2,27)28)15-21(20)31-23/h3-10,13,15H,11-12,14H2,1-2H3. The maximum atomic E-state index is 13.3. The van der Waals surface area contributed by atoms with Crippen LogP contribution in [0, 0.1) is 0 Å². The molecule has 2 aromatic heterocycles. The van der Waals surface area contributed by atoms with Gasteiger partial charge in [-0.05, 0) is 53.8 Å². The number of carbonyl (C=O) groups excluding carboxylic acids is 1. The quantitative estimate of drug-likeness (QED) is 0.364. The van der Waals surface area contributed by atoms with Crippen LogP contribution in [-0.4, -0.2) is 39.2 Å². The minimum atomic E-state index is -3.32. The predicted octanol–water partition coefficient (Wildman–Crippen LogP) is 4.59. The van der Waals surface area contributed by atoms with Crippen LogP contribution in [0.2, 0.25) is 0 Å². The number of sulfone groups is 1. The van der Waals surface area contributed by atoms with Crippen LogP contribution in [-0.2, 0) is 27.5 Å². The first-order chi connectivity index (χ1) is 15.3. The number of ether oxygens (including phenoxy) is 1. The van der Waals surface area contributed by atoms with Gasteiger partial charge in [-0.3, -0.25) is 9.69 Å². The number of amides is 1. The molecule has 2 heterocycles. The lowest BCUT2D eigenvalue weighted by Crippen LogP contribution is -2.34. The van der Waals surface area contributed by atoms with Gasteiger partial charge in [0.25, 0.3) is 0 Å².